The van der Waals surface area contributed by atoms with E-state index in [0.717, 1.165) is 4.47 Å². The van der Waals surface area contributed by atoms with Gasteiger partial charge in [-0.25, -0.2) is 0 Å². The molecule has 0 aliphatic carbocycles. The topological polar surface area (TPSA) is 122 Å². The first-order valence-electron chi connectivity index (χ1n) is 9.38. The Kier molecular flexibility index (Phi) is 6.83. The summed E-state index contributed by atoms with van der Waals surface area (Å²) >= 11 is 3.43. The van der Waals surface area contributed by atoms with Gasteiger partial charge in [0.2, 0.25) is 17.7 Å². The van der Waals surface area contributed by atoms with E-state index in [0.29, 0.717) is 11.4 Å². The lowest BCUT2D eigenvalue weighted by atomic mass is 10.1. The number of halogens is 1. The van der Waals surface area contributed by atoms with E-state index in [2.05, 4.69) is 26.6 Å². The number of nitrogens with two attached hydrogens (primary N) is 1. The zero-order chi connectivity index (χ0) is 21.7. The van der Waals surface area contributed by atoms with E-state index in [4.69, 9.17) is 5.73 Å². The normalized spacial score (nSPS) is 15.7. The molecule has 1 unspecified atom stereocenters. The summed E-state index contributed by atoms with van der Waals surface area (Å²) in [6.45, 7) is 0.356. The molecule has 0 bridgehead atoms. The van der Waals surface area contributed by atoms with Crippen LogP contribution < -0.4 is 21.3 Å². The average Bonchev–Trinajstić information content (AvgIpc) is 3.10. The van der Waals surface area contributed by atoms with Crippen molar-refractivity contribution in [3.05, 3.63) is 58.6 Å². The first-order valence-corrected chi connectivity index (χ1v) is 10.2. The standard InChI is InChI=1S/C21H21BrN4O4/c22-15-6-2-4-8-17(15)26-12-13(11-19(26)28)20(29)25-16-7-3-1-5-14(16)21(30)24-10-9-18(23)27/h1-8,13H,9-12H2,(H2,23,27)(H,24,30)(H,25,29). The third-order valence-corrected chi connectivity index (χ3v) is 5.40. The van der Waals surface area contributed by atoms with Crippen molar-refractivity contribution in [2.24, 2.45) is 11.7 Å². The predicted octanol–water partition coefficient (Wildman–Crippen LogP) is 2.05. The Bertz CT molecular complexity index is 994. The molecule has 1 aliphatic heterocycles. The van der Waals surface area contributed by atoms with Gasteiger partial charge in [0.25, 0.3) is 5.91 Å². The van der Waals surface area contributed by atoms with Crippen LogP contribution in [0.5, 0.6) is 0 Å². The van der Waals surface area contributed by atoms with Gasteiger partial charge in [-0.1, -0.05) is 24.3 Å². The number of anilines is 2. The highest BCUT2D eigenvalue weighted by molar-refractivity contribution is 9.10. The van der Waals surface area contributed by atoms with Crippen LogP contribution in [0.15, 0.2) is 53.0 Å². The van der Waals surface area contributed by atoms with Crippen LogP contribution in [-0.4, -0.2) is 36.7 Å². The quantitative estimate of drug-likeness (QED) is 0.570. The smallest absolute Gasteiger partial charge is 0.253 e. The molecule has 1 aliphatic rings. The third-order valence-electron chi connectivity index (χ3n) is 4.73. The molecule has 8 nitrogen and oxygen atoms in total. The van der Waals surface area contributed by atoms with Crippen molar-refractivity contribution >= 4 is 50.9 Å². The first kappa shape index (κ1) is 21.5. The fraction of sp³-hybridized carbons (Fsp3) is 0.238. The van der Waals surface area contributed by atoms with Gasteiger partial charge in [-0.3, -0.25) is 19.2 Å². The van der Waals surface area contributed by atoms with Crippen LogP contribution in [0.2, 0.25) is 0 Å². The lowest BCUT2D eigenvalue weighted by Gasteiger charge is -2.18. The van der Waals surface area contributed by atoms with E-state index in [-0.39, 0.29) is 43.3 Å². The minimum atomic E-state index is -0.546. The average molecular weight is 473 g/mol. The van der Waals surface area contributed by atoms with Crippen molar-refractivity contribution < 1.29 is 19.2 Å². The number of hydrogen-bond donors (Lipinski definition) is 3. The maximum absolute atomic E-state index is 12.8. The number of amides is 4. The van der Waals surface area contributed by atoms with Gasteiger partial charge in [0.1, 0.15) is 0 Å². The Hall–Kier alpha value is -3.20. The molecule has 1 atom stereocenters. The van der Waals surface area contributed by atoms with Gasteiger partial charge in [0, 0.05) is 30.4 Å². The number of nitrogens with one attached hydrogen (secondary N) is 2. The zero-order valence-corrected chi connectivity index (χ0v) is 17.6. The molecule has 156 valence electrons. The highest BCUT2D eigenvalue weighted by atomic mass is 79.9. The Morgan fingerprint density at radius 3 is 2.53 bits per heavy atom. The molecule has 0 aromatic heterocycles. The maximum Gasteiger partial charge on any atom is 0.253 e. The minimum absolute atomic E-state index is 0.0231. The van der Waals surface area contributed by atoms with E-state index in [9.17, 15) is 19.2 Å². The molecule has 1 heterocycles. The molecule has 4 N–H and O–H groups in total. The molecular formula is C21H21BrN4O4. The largest absolute Gasteiger partial charge is 0.370 e. The number of benzene rings is 2. The highest BCUT2D eigenvalue weighted by Crippen LogP contribution is 2.31. The second-order valence-electron chi connectivity index (χ2n) is 6.86. The maximum atomic E-state index is 12.8. The van der Waals surface area contributed by atoms with Gasteiger partial charge < -0.3 is 21.3 Å². The van der Waals surface area contributed by atoms with E-state index < -0.39 is 17.7 Å². The predicted molar refractivity (Wildman–Crippen MR) is 116 cm³/mol. The highest BCUT2D eigenvalue weighted by Gasteiger charge is 2.36. The number of para-hydroxylation sites is 2. The third kappa shape index (κ3) is 5.04. The second kappa shape index (κ2) is 9.53. The van der Waals surface area contributed by atoms with Crippen LogP contribution >= 0.6 is 15.9 Å². The molecule has 2 aromatic carbocycles. The van der Waals surface area contributed by atoms with Crippen molar-refractivity contribution in [2.75, 3.05) is 23.3 Å². The SMILES string of the molecule is NC(=O)CCNC(=O)c1ccccc1NC(=O)C1CC(=O)N(c2ccccc2Br)C1. The van der Waals surface area contributed by atoms with Gasteiger partial charge in [0.05, 0.1) is 22.9 Å². The van der Waals surface area contributed by atoms with Gasteiger partial charge in [-0.2, -0.15) is 0 Å². The second-order valence-corrected chi connectivity index (χ2v) is 7.72. The Balaban J connectivity index is 1.68. The molecular weight excluding hydrogens is 452 g/mol. The molecule has 2 aromatic rings. The summed E-state index contributed by atoms with van der Waals surface area (Å²) in [5, 5.41) is 5.35. The fourth-order valence-electron chi connectivity index (χ4n) is 3.21. The summed E-state index contributed by atoms with van der Waals surface area (Å²) in [5.41, 5.74) is 6.39. The Morgan fingerprint density at radius 2 is 1.80 bits per heavy atom. The summed E-state index contributed by atoms with van der Waals surface area (Å²) in [5.74, 6) is -1.97. The van der Waals surface area contributed by atoms with Crippen molar-refractivity contribution in [3.8, 4) is 0 Å². The molecule has 0 radical (unpaired) electrons. The van der Waals surface area contributed by atoms with Crippen molar-refractivity contribution in [3.63, 3.8) is 0 Å². The molecule has 1 saturated heterocycles. The Morgan fingerprint density at radius 1 is 1.10 bits per heavy atom. The van der Waals surface area contributed by atoms with E-state index in [1.807, 2.05) is 24.3 Å². The summed E-state index contributed by atoms with van der Waals surface area (Å²) in [6.07, 6.45) is 0.107. The molecule has 4 amide bonds. The van der Waals surface area contributed by atoms with E-state index in [1.165, 1.54) is 0 Å². The minimum Gasteiger partial charge on any atom is -0.370 e. The van der Waals surface area contributed by atoms with Gasteiger partial charge in [-0.15, -0.1) is 0 Å². The van der Waals surface area contributed by atoms with Crippen LogP contribution in [0.3, 0.4) is 0 Å². The number of primary amides is 1. The van der Waals surface area contributed by atoms with Gasteiger partial charge >= 0.3 is 0 Å². The molecule has 0 saturated carbocycles. The number of nitrogens with zero attached hydrogens (tertiary/aromatic N) is 1. The molecule has 9 heteroatoms. The zero-order valence-electron chi connectivity index (χ0n) is 16.1. The first-order chi connectivity index (χ1) is 14.4. The van der Waals surface area contributed by atoms with Gasteiger partial charge in [0.15, 0.2) is 0 Å². The molecule has 30 heavy (non-hydrogen) atoms. The van der Waals surface area contributed by atoms with Crippen LogP contribution in [-0.2, 0) is 14.4 Å². The summed E-state index contributed by atoms with van der Waals surface area (Å²) in [6, 6.07) is 13.9. The summed E-state index contributed by atoms with van der Waals surface area (Å²) in [7, 11) is 0. The number of rotatable bonds is 7. The van der Waals surface area contributed by atoms with Crippen molar-refractivity contribution in [1.82, 2.24) is 5.32 Å². The fourth-order valence-corrected chi connectivity index (χ4v) is 3.70. The number of carbonyl (C=O) groups is 4. The number of carbonyl (C=O) groups excluding carboxylic acids is 4. The molecule has 0 spiro atoms. The van der Waals surface area contributed by atoms with Crippen molar-refractivity contribution in [2.45, 2.75) is 12.8 Å². The van der Waals surface area contributed by atoms with Crippen LogP contribution in [0.4, 0.5) is 11.4 Å². The van der Waals surface area contributed by atoms with Crippen LogP contribution in [0.25, 0.3) is 0 Å². The lowest BCUT2D eigenvalue weighted by molar-refractivity contribution is -0.122. The van der Waals surface area contributed by atoms with Gasteiger partial charge in [-0.05, 0) is 40.2 Å². The van der Waals surface area contributed by atoms with Crippen molar-refractivity contribution in [1.29, 1.82) is 0 Å². The summed E-state index contributed by atoms with van der Waals surface area (Å²) in [4.78, 5) is 50.1. The monoisotopic (exact) mass is 472 g/mol. The van der Waals surface area contributed by atoms with Crippen LogP contribution in [0, 0.1) is 5.92 Å². The van der Waals surface area contributed by atoms with E-state index in [1.54, 1.807) is 29.2 Å². The van der Waals surface area contributed by atoms with Crippen LogP contribution in [0.1, 0.15) is 23.2 Å². The number of hydrogen-bond acceptors (Lipinski definition) is 4. The van der Waals surface area contributed by atoms with E-state index >= 15 is 0 Å². The lowest BCUT2D eigenvalue weighted by Crippen LogP contribution is -2.30. The Labute approximate surface area is 181 Å². The molecule has 3 rings (SSSR count). The molecule has 1 fully saturated rings. The summed E-state index contributed by atoms with van der Waals surface area (Å²) < 4.78 is 0.775.